The summed E-state index contributed by atoms with van der Waals surface area (Å²) >= 11 is 1.50. The Hall–Kier alpha value is -3.25. The number of amides is 2. The summed E-state index contributed by atoms with van der Waals surface area (Å²) in [4.78, 5) is 34.1. The average molecular weight is 494 g/mol. The standard InChI is InChI=1S/C14H17N5O2S.C8H18N2O2/c1-19(14(20)21)9-8-17-13-16-7-6-12(18-13)22-11-4-2-10(15)3-5-11;1-8(2,3)12-7(11)10(4)6-5-9/h2-7H,8-9,15H2,1H3,(H,20,21)(H,16,17,18);5-6,9H2,1-4H3. The maximum Gasteiger partial charge on any atom is 0.410 e. The second kappa shape index (κ2) is 14.1. The van der Waals surface area contributed by atoms with Crippen LogP contribution in [-0.4, -0.2) is 82.9 Å². The largest absolute Gasteiger partial charge is 0.465 e. The van der Waals surface area contributed by atoms with Crippen molar-refractivity contribution in [3.8, 4) is 0 Å². The van der Waals surface area contributed by atoms with Gasteiger partial charge in [-0.3, -0.25) is 0 Å². The number of nitrogens with one attached hydrogen (secondary N) is 1. The van der Waals surface area contributed by atoms with Gasteiger partial charge in [-0.15, -0.1) is 0 Å². The van der Waals surface area contributed by atoms with E-state index < -0.39 is 11.7 Å². The number of carbonyl (C=O) groups is 2. The normalized spacial score (nSPS) is 10.5. The van der Waals surface area contributed by atoms with Gasteiger partial charge in [-0.05, 0) is 51.1 Å². The summed E-state index contributed by atoms with van der Waals surface area (Å²) in [7, 11) is 3.18. The summed E-state index contributed by atoms with van der Waals surface area (Å²) < 4.78 is 5.08. The minimum Gasteiger partial charge on any atom is -0.465 e. The zero-order valence-electron chi connectivity index (χ0n) is 20.3. The number of nitrogen functional groups attached to an aromatic ring is 1. The van der Waals surface area contributed by atoms with Gasteiger partial charge >= 0.3 is 12.2 Å². The quantitative estimate of drug-likeness (QED) is 0.318. The molecule has 0 spiro atoms. The van der Waals surface area contributed by atoms with Gasteiger partial charge in [0.05, 0.1) is 0 Å². The van der Waals surface area contributed by atoms with E-state index in [4.69, 9.17) is 21.3 Å². The zero-order valence-corrected chi connectivity index (χ0v) is 21.1. The van der Waals surface area contributed by atoms with Crippen LogP contribution in [0.25, 0.3) is 0 Å². The second-order valence-electron chi connectivity index (χ2n) is 8.21. The van der Waals surface area contributed by atoms with E-state index >= 15 is 0 Å². The van der Waals surface area contributed by atoms with E-state index in [2.05, 4.69) is 15.3 Å². The van der Waals surface area contributed by atoms with E-state index in [1.54, 1.807) is 13.2 Å². The number of likely N-dealkylation sites (N-methyl/N-ethyl adjacent to an activating group) is 2. The lowest BCUT2D eigenvalue weighted by Gasteiger charge is -2.24. The van der Waals surface area contributed by atoms with Gasteiger partial charge in [-0.1, -0.05) is 11.8 Å². The van der Waals surface area contributed by atoms with Crippen LogP contribution < -0.4 is 16.8 Å². The molecule has 0 saturated carbocycles. The molecule has 6 N–H and O–H groups in total. The smallest absolute Gasteiger partial charge is 0.410 e. The van der Waals surface area contributed by atoms with Gasteiger partial charge in [0.1, 0.15) is 10.6 Å². The van der Waals surface area contributed by atoms with Crippen molar-refractivity contribution in [3.63, 3.8) is 0 Å². The Labute approximate surface area is 204 Å². The first-order chi connectivity index (χ1) is 15.9. The van der Waals surface area contributed by atoms with Crippen LogP contribution in [0.1, 0.15) is 20.8 Å². The van der Waals surface area contributed by atoms with E-state index in [0.29, 0.717) is 32.1 Å². The third kappa shape index (κ3) is 12.1. The molecule has 0 aliphatic carbocycles. The summed E-state index contributed by atoms with van der Waals surface area (Å²) in [6.45, 7) is 7.28. The Morgan fingerprint density at radius 3 is 2.32 bits per heavy atom. The van der Waals surface area contributed by atoms with Crippen molar-refractivity contribution in [2.75, 3.05) is 51.3 Å². The first kappa shape index (κ1) is 28.8. The van der Waals surface area contributed by atoms with E-state index in [1.807, 2.05) is 51.1 Å². The molecule has 0 fully saturated rings. The topological polar surface area (TPSA) is 160 Å². The molecule has 0 aliphatic rings. The lowest BCUT2D eigenvalue weighted by atomic mass is 10.2. The Morgan fingerprint density at radius 2 is 1.76 bits per heavy atom. The van der Waals surface area contributed by atoms with Gasteiger partial charge in [-0.2, -0.15) is 0 Å². The Kier molecular flexibility index (Phi) is 11.9. The fraction of sp³-hybridized carbons (Fsp3) is 0.455. The molecule has 11 nitrogen and oxygen atoms in total. The molecule has 0 atom stereocenters. The molecule has 1 aromatic heterocycles. The number of nitrogens with two attached hydrogens (primary N) is 2. The number of carbonyl (C=O) groups excluding carboxylic acids is 1. The number of carboxylic acid groups (broad SMARTS) is 1. The predicted octanol–water partition coefficient (Wildman–Crippen LogP) is 3.04. The summed E-state index contributed by atoms with van der Waals surface area (Å²) in [5.41, 5.74) is 11.2. The molecule has 0 bridgehead atoms. The van der Waals surface area contributed by atoms with Crippen molar-refractivity contribution in [3.05, 3.63) is 36.5 Å². The van der Waals surface area contributed by atoms with Gasteiger partial charge in [0.25, 0.3) is 0 Å². The fourth-order valence-electron chi connectivity index (χ4n) is 2.20. The van der Waals surface area contributed by atoms with Crippen LogP contribution in [-0.2, 0) is 4.74 Å². The molecule has 1 aromatic carbocycles. The average Bonchev–Trinajstić information content (AvgIpc) is 2.75. The number of hydrogen-bond acceptors (Lipinski definition) is 9. The van der Waals surface area contributed by atoms with Gasteiger partial charge in [0.15, 0.2) is 0 Å². The molecule has 2 amide bonds. The van der Waals surface area contributed by atoms with E-state index in [-0.39, 0.29) is 6.09 Å². The fourth-order valence-corrected chi connectivity index (χ4v) is 2.97. The maximum atomic E-state index is 11.2. The van der Waals surface area contributed by atoms with E-state index in [9.17, 15) is 9.59 Å². The molecular weight excluding hydrogens is 458 g/mol. The lowest BCUT2D eigenvalue weighted by molar-refractivity contribution is 0.0303. The number of ether oxygens (including phenoxy) is 1. The molecule has 0 saturated heterocycles. The summed E-state index contributed by atoms with van der Waals surface area (Å²) in [5, 5.41) is 12.6. The predicted molar refractivity (Wildman–Crippen MR) is 134 cm³/mol. The number of aromatic nitrogens is 2. The molecule has 1 heterocycles. The van der Waals surface area contributed by atoms with Crippen molar-refractivity contribution in [2.24, 2.45) is 5.73 Å². The third-order valence-corrected chi connectivity index (χ3v) is 4.90. The van der Waals surface area contributed by atoms with Gasteiger partial charge in [-0.25, -0.2) is 19.6 Å². The molecule has 2 aromatic rings. The SMILES string of the molecule is CN(CCN)C(=O)OC(C)(C)C.CN(CCNc1nccc(Sc2ccc(N)cc2)n1)C(=O)O. The van der Waals surface area contributed by atoms with Crippen LogP contribution in [0.5, 0.6) is 0 Å². The van der Waals surface area contributed by atoms with Crippen molar-refractivity contribution in [2.45, 2.75) is 36.3 Å². The van der Waals surface area contributed by atoms with Crippen LogP contribution in [0.2, 0.25) is 0 Å². The number of benzene rings is 1. The number of hydrogen-bond donors (Lipinski definition) is 4. The van der Waals surface area contributed by atoms with Gasteiger partial charge in [0, 0.05) is 57.1 Å². The van der Waals surface area contributed by atoms with Crippen LogP contribution in [0.3, 0.4) is 0 Å². The summed E-state index contributed by atoms with van der Waals surface area (Å²) in [6.07, 6.45) is 0.374. The highest BCUT2D eigenvalue weighted by Crippen LogP contribution is 2.26. The highest BCUT2D eigenvalue weighted by atomic mass is 32.2. The lowest BCUT2D eigenvalue weighted by Crippen LogP contribution is -2.36. The Bertz CT molecular complexity index is 907. The van der Waals surface area contributed by atoms with E-state index in [0.717, 1.165) is 15.6 Å². The van der Waals surface area contributed by atoms with Gasteiger partial charge < -0.3 is 36.4 Å². The number of anilines is 2. The highest BCUT2D eigenvalue weighted by Gasteiger charge is 2.18. The summed E-state index contributed by atoms with van der Waals surface area (Å²) in [6, 6.07) is 9.35. The monoisotopic (exact) mass is 493 g/mol. The van der Waals surface area contributed by atoms with Crippen molar-refractivity contribution < 1.29 is 19.4 Å². The molecule has 188 valence electrons. The summed E-state index contributed by atoms with van der Waals surface area (Å²) in [5.74, 6) is 0.472. The molecular formula is C22H35N7O4S. The third-order valence-electron chi connectivity index (χ3n) is 3.96. The first-order valence-electron chi connectivity index (χ1n) is 10.6. The van der Waals surface area contributed by atoms with Crippen LogP contribution >= 0.6 is 11.8 Å². The highest BCUT2D eigenvalue weighted by molar-refractivity contribution is 7.99. The van der Waals surface area contributed by atoms with Crippen molar-refractivity contribution in [1.29, 1.82) is 0 Å². The van der Waals surface area contributed by atoms with Crippen LogP contribution in [0.15, 0.2) is 46.5 Å². The second-order valence-corrected chi connectivity index (χ2v) is 9.30. The van der Waals surface area contributed by atoms with Crippen molar-refractivity contribution >= 4 is 35.6 Å². The van der Waals surface area contributed by atoms with Crippen molar-refractivity contribution in [1.82, 2.24) is 19.8 Å². The minimum absolute atomic E-state index is 0.326. The molecule has 2 rings (SSSR count). The Balaban J connectivity index is 0.000000411. The Morgan fingerprint density at radius 1 is 1.12 bits per heavy atom. The maximum absolute atomic E-state index is 11.2. The van der Waals surface area contributed by atoms with Crippen LogP contribution in [0.4, 0.5) is 21.2 Å². The number of rotatable bonds is 8. The molecule has 0 unspecified atom stereocenters. The van der Waals surface area contributed by atoms with Gasteiger partial charge in [0.2, 0.25) is 5.95 Å². The first-order valence-corrected chi connectivity index (χ1v) is 11.4. The van der Waals surface area contributed by atoms with E-state index in [1.165, 1.54) is 28.6 Å². The molecule has 12 heteroatoms. The molecule has 34 heavy (non-hydrogen) atoms. The molecule has 0 aliphatic heterocycles. The molecule has 0 radical (unpaired) electrons. The van der Waals surface area contributed by atoms with Crippen LogP contribution in [0, 0.1) is 0 Å². The zero-order chi connectivity index (χ0) is 25.7. The number of nitrogens with zero attached hydrogens (tertiary/aromatic N) is 4. The minimum atomic E-state index is -0.963.